The zero-order valence-electron chi connectivity index (χ0n) is 11.3. The van der Waals surface area contributed by atoms with Gasteiger partial charge in [0.05, 0.1) is 37.6 Å². The smallest absolute Gasteiger partial charge is 0.384 e. The lowest BCUT2D eigenvalue weighted by Crippen LogP contribution is -2.27. The first kappa shape index (κ1) is 14.3. The van der Waals surface area contributed by atoms with Crippen molar-refractivity contribution in [3.8, 4) is 0 Å². The third-order valence-corrected chi connectivity index (χ3v) is 3.22. The van der Waals surface area contributed by atoms with E-state index in [4.69, 9.17) is 27.9 Å². The van der Waals surface area contributed by atoms with E-state index in [1.54, 1.807) is 0 Å². The van der Waals surface area contributed by atoms with Crippen LogP contribution in [0.1, 0.15) is 27.7 Å². The largest absolute Gasteiger partial charge is 0.640 e. The first-order valence-corrected chi connectivity index (χ1v) is 6.41. The highest BCUT2D eigenvalue weighted by Gasteiger charge is 2.38. The van der Waals surface area contributed by atoms with Gasteiger partial charge in [-0.1, -0.05) is 0 Å². The summed E-state index contributed by atoms with van der Waals surface area (Å²) in [6, 6.07) is 0. The quantitative estimate of drug-likeness (QED) is 0.532. The first-order valence-electron chi connectivity index (χ1n) is 6.41. The van der Waals surface area contributed by atoms with E-state index in [-0.39, 0.29) is 24.4 Å². The van der Waals surface area contributed by atoms with Crippen molar-refractivity contribution in [2.24, 2.45) is 0 Å². The summed E-state index contributed by atoms with van der Waals surface area (Å²) in [6.45, 7) is 8.55. The molecule has 0 radical (unpaired) electrons. The predicted octanol–water partition coefficient (Wildman–Crippen LogP) is 0.637. The molecule has 102 valence electrons. The van der Waals surface area contributed by atoms with Crippen LogP contribution in [0, 0.1) is 0 Å². The molecule has 0 aliphatic carbocycles. The van der Waals surface area contributed by atoms with Crippen LogP contribution in [0.15, 0.2) is 0 Å². The van der Waals surface area contributed by atoms with Gasteiger partial charge in [-0.2, -0.15) is 0 Å². The lowest BCUT2D eigenvalue weighted by molar-refractivity contribution is 0.104. The van der Waals surface area contributed by atoms with Gasteiger partial charge in [0.1, 0.15) is 0 Å². The Balaban J connectivity index is 1.54. The fraction of sp³-hybridized carbons (Fsp3) is 1.00. The van der Waals surface area contributed by atoms with Crippen molar-refractivity contribution >= 4 is 14.6 Å². The molecule has 2 aliphatic heterocycles. The van der Waals surface area contributed by atoms with Crippen molar-refractivity contribution in [2.45, 2.75) is 52.1 Å². The van der Waals surface area contributed by atoms with Crippen molar-refractivity contribution in [1.82, 2.24) is 0 Å². The van der Waals surface area contributed by atoms with Gasteiger partial charge in [-0.25, -0.2) is 0 Å². The van der Waals surface area contributed by atoms with Crippen LogP contribution in [0.2, 0.25) is 0 Å². The lowest BCUT2D eigenvalue weighted by Gasteiger charge is -2.08. The molecule has 6 nitrogen and oxygen atoms in total. The van der Waals surface area contributed by atoms with Crippen LogP contribution in [0.3, 0.4) is 0 Å². The highest BCUT2D eigenvalue weighted by Crippen LogP contribution is 2.17. The average Bonchev–Trinajstić information content (AvgIpc) is 2.79. The Morgan fingerprint density at radius 2 is 0.944 bits per heavy atom. The summed E-state index contributed by atoms with van der Waals surface area (Å²) in [6.07, 6.45) is 0.219. The molecule has 2 heterocycles. The Morgan fingerprint density at radius 1 is 0.667 bits per heavy atom. The minimum absolute atomic E-state index is 0.0547. The minimum Gasteiger partial charge on any atom is -0.384 e. The van der Waals surface area contributed by atoms with Crippen LogP contribution in [-0.2, 0) is 27.9 Å². The second kappa shape index (κ2) is 6.36. The highest BCUT2D eigenvalue weighted by atomic mass is 16.8. The summed E-state index contributed by atoms with van der Waals surface area (Å²) in [7, 11) is -1.19. The highest BCUT2D eigenvalue weighted by molar-refractivity contribution is 6.37. The maximum absolute atomic E-state index is 5.42. The molecule has 2 fully saturated rings. The van der Waals surface area contributed by atoms with E-state index < -0.39 is 14.6 Å². The van der Waals surface area contributed by atoms with E-state index in [0.717, 1.165) is 0 Å². The summed E-state index contributed by atoms with van der Waals surface area (Å²) in [4.78, 5) is 0. The zero-order chi connectivity index (χ0) is 13.1. The van der Waals surface area contributed by atoms with Gasteiger partial charge in [-0.05, 0) is 27.7 Å². The van der Waals surface area contributed by atoms with Crippen LogP contribution >= 0.6 is 0 Å². The number of hydrogen-bond donors (Lipinski definition) is 0. The molecule has 2 aliphatic rings. The van der Waals surface area contributed by atoms with Crippen molar-refractivity contribution < 1.29 is 27.9 Å². The fourth-order valence-corrected chi connectivity index (χ4v) is 1.65. The molecule has 0 aromatic rings. The standard InChI is InChI=1S/C10H20B2O6/c1-7-8(2)16-11(15-7)13-5-6-14-12-17-9(3)10(4)18-12/h7-10H,5-6H2,1-4H3. The molecule has 0 N–H and O–H groups in total. The molecule has 4 atom stereocenters. The van der Waals surface area contributed by atoms with Crippen LogP contribution < -0.4 is 0 Å². The SMILES string of the molecule is CC1OB(OCCOB2OC(C)C(C)O2)OC1C. The predicted molar refractivity (Wildman–Crippen MR) is 65.6 cm³/mol. The van der Waals surface area contributed by atoms with Gasteiger partial charge in [0.15, 0.2) is 0 Å². The average molecular weight is 258 g/mol. The van der Waals surface area contributed by atoms with E-state index in [9.17, 15) is 0 Å². The van der Waals surface area contributed by atoms with Gasteiger partial charge < -0.3 is 27.9 Å². The number of rotatable bonds is 5. The molecule has 8 heteroatoms. The third kappa shape index (κ3) is 3.69. The molecule has 4 unspecified atom stereocenters. The third-order valence-electron chi connectivity index (χ3n) is 3.22. The van der Waals surface area contributed by atoms with Crippen molar-refractivity contribution in [3.05, 3.63) is 0 Å². The van der Waals surface area contributed by atoms with Crippen molar-refractivity contribution in [1.29, 1.82) is 0 Å². The molecular weight excluding hydrogens is 238 g/mol. The second-order valence-electron chi connectivity index (χ2n) is 4.68. The second-order valence-corrected chi connectivity index (χ2v) is 4.68. The summed E-state index contributed by atoms with van der Waals surface area (Å²) in [5, 5.41) is 0. The van der Waals surface area contributed by atoms with E-state index in [1.165, 1.54) is 0 Å². The molecule has 2 rings (SSSR count). The Kier molecular flexibility index (Phi) is 5.06. The van der Waals surface area contributed by atoms with Crippen LogP contribution in [-0.4, -0.2) is 52.3 Å². The maximum Gasteiger partial charge on any atom is 0.640 e. The molecule has 0 aromatic heterocycles. The molecule has 0 amide bonds. The molecule has 0 saturated carbocycles. The molecule has 0 bridgehead atoms. The fourth-order valence-electron chi connectivity index (χ4n) is 1.65. The molecule has 0 spiro atoms. The zero-order valence-corrected chi connectivity index (χ0v) is 11.3. The van der Waals surface area contributed by atoms with E-state index in [2.05, 4.69) is 0 Å². The Hall–Kier alpha value is -0.110. The summed E-state index contributed by atoms with van der Waals surface area (Å²) in [5.41, 5.74) is 0. The van der Waals surface area contributed by atoms with Crippen LogP contribution in [0.5, 0.6) is 0 Å². The van der Waals surface area contributed by atoms with E-state index in [0.29, 0.717) is 13.2 Å². The van der Waals surface area contributed by atoms with Gasteiger partial charge in [-0.15, -0.1) is 0 Å². The first-order chi connectivity index (χ1) is 8.56. The molecule has 2 saturated heterocycles. The van der Waals surface area contributed by atoms with Gasteiger partial charge >= 0.3 is 14.6 Å². The lowest BCUT2D eigenvalue weighted by atomic mass is 10.2. The topological polar surface area (TPSA) is 55.4 Å². The Labute approximate surface area is 109 Å². The summed E-state index contributed by atoms with van der Waals surface area (Å²) >= 11 is 0. The molecular formula is C10H20B2O6. The molecule has 18 heavy (non-hydrogen) atoms. The van der Waals surface area contributed by atoms with Gasteiger partial charge in [0.25, 0.3) is 0 Å². The van der Waals surface area contributed by atoms with Crippen molar-refractivity contribution in [2.75, 3.05) is 13.2 Å². The Bertz CT molecular complexity index is 223. The van der Waals surface area contributed by atoms with Crippen LogP contribution in [0.4, 0.5) is 0 Å². The van der Waals surface area contributed by atoms with Gasteiger partial charge in [-0.3, -0.25) is 0 Å². The monoisotopic (exact) mass is 258 g/mol. The molecule has 0 aromatic carbocycles. The minimum atomic E-state index is -0.595. The summed E-state index contributed by atoms with van der Waals surface area (Å²) < 4.78 is 32.4. The van der Waals surface area contributed by atoms with Crippen molar-refractivity contribution in [3.63, 3.8) is 0 Å². The number of hydrogen-bond acceptors (Lipinski definition) is 6. The Morgan fingerprint density at radius 3 is 1.22 bits per heavy atom. The summed E-state index contributed by atoms with van der Waals surface area (Å²) in [5.74, 6) is 0. The van der Waals surface area contributed by atoms with Crippen LogP contribution in [0.25, 0.3) is 0 Å². The van der Waals surface area contributed by atoms with E-state index in [1.807, 2.05) is 27.7 Å². The maximum atomic E-state index is 5.42. The van der Waals surface area contributed by atoms with Gasteiger partial charge in [0, 0.05) is 0 Å². The van der Waals surface area contributed by atoms with E-state index >= 15 is 0 Å². The van der Waals surface area contributed by atoms with Gasteiger partial charge in [0.2, 0.25) is 0 Å². The normalized spacial score (nSPS) is 36.7.